The first-order valence-corrected chi connectivity index (χ1v) is 8.42. The predicted octanol–water partition coefficient (Wildman–Crippen LogP) is 2.75. The van der Waals surface area contributed by atoms with Gasteiger partial charge in [-0.2, -0.15) is 13.2 Å². The molecule has 0 aliphatic carbocycles. The number of hydrogen-bond donors (Lipinski definition) is 3. The van der Waals surface area contributed by atoms with Gasteiger partial charge in [-0.05, 0) is 25.5 Å². The summed E-state index contributed by atoms with van der Waals surface area (Å²) in [5.74, 6) is -2.72. The summed E-state index contributed by atoms with van der Waals surface area (Å²) >= 11 is 0. The minimum absolute atomic E-state index is 0.0362. The monoisotopic (exact) mass is 433 g/mol. The van der Waals surface area contributed by atoms with E-state index in [4.69, 9.17) is 9.94 Å². The van der Waals surface area contributed by atoms with Gasteiger partial charge in [0.1, 0.15) is 13.2 Å². The summed E-state index contributed by atoms with van der Waals surface area (Å²) in [6, 6.07) is 4.31. The van der Waals surface area contributed by atoms with Gasteiger partial charge in [0.05, 0.1) is 22.8 Å². The van der Waals surface area contributed by atoms with Crippen molar-refractivity contribution in [1.29, 1.82) is 0 Å². The quantitative estimate of drug-likeness (QED) is 0.334. The first kappa shape index (κ1) is 23.6. The van der Waals surface area contributed by atoms with Gasteiger partial charge in [-0.1, -0.05) is 18.2 Å². The summed E-state index contributed by atoms with van der Waals surface area (Å²) in [5.41, 5.74) is -2.30. The highest BCUT2D eigenvalue weighted by Gasteiger charge is 2.41. The Bertz CT molecular complexity index is 853. The van der Waals surface area contributed by atoms with Gasteiger partial charge in [0.25, 0.3) is 0 Å². The molecule has 10 nitrogen and oxygen atoms in total. The van der Waals surface area contributed by atoms with Crippen LogP contribution < -0.4 is 5.32 Å². The molecule has 0 fully saturated rings. The van der Waals surface area contributed by atoms with E-state index in [1.165, 1.54) is 19.9 Å². The number of dihydropyridines is 1. The van der Waals surface area contributed by atoms with Crippen LogP contribution in [0.2, 0.25) is 0 Å². The van der Waals surface area contributed by atoms with Crippen molar-refractivity contribution in [2.24, 2.45) is 0 Å². The summed E-state index contributed by atoms with van der Waals surface area (Å²) in [5, 5.41) is 41.2. The van der Waals surface area contributed by atoms with Gasteiger partial charge < -0.3 is 30.9 Å². The number of alkyl halides is 3. The zero-order chi connectivity index (χ0) is 22.6. The lowest BCUT2D eigenvalue weighted by atomic mass is 9.81. The van der Waals surface area contributed by atoms with Crippen molar-refractivity contribution in [2.45, 2.75) is 25.9 Å². The molecule has 166 valence electrons. The number of carbonyl (C=O) groups excluding carboxylic acids is 1. The molecule has 2 rings (SSSR count). The van der Waals surface area contributed by atoms with Crippen LogP contribution >= 0.6 is 0 Å². The van der Waals surface area contributed by atoms with Crippen LogP contribution in [0.3, 0.4) is 0 Å². The highest BCUT2D eigenvalue weighted by atomic mass is 19.4. The summed E-state index contributed by atoms with van der Waals surface area (Å²) in [7, 11) is 0. The van der Waals surface area contributed by atoms with Crippen molar-refractivity contribution in [3.05, 3.63) is 68.5 Å². The number of ether oxygens (including phenoxy) is 1. The largest absolute Gasteiger partial charge is 0.738 e. The first-order chi connectivity index (χ1) is 13.9. The molecule has 0 amide bonds. The number of rotatable bonds is 7. The van der Waals surface area contributed by atoms with Crippen LogP contribution in [-0.4, -0.2) is 40.2 Å². The normalized spacial score (nSPS) is 17.3. The zero-order valence-corrected chi connectivity index (χ0v) is 15.8. The number of allylic oxidation sites excluding steroid dienone is 3. The second-order valence-electron chi connectivity index (χ2n) is 6.17. The molecule has 3 N–H and O–H groups in total. The third-order valence-corrected chi connectivity index (χ3v) is 4.25. The SMILES string of the molecule is CC1=C(C(=O)OCCON([O-])O)C(c2ccccc2C(F)(F)F)C(N([O-])O)=C(C)N1. The second kappa shape index (κ2) is 9.42. The molecule has 1 aliphatic heterocycles. The van der Waals surface area contributed by atoms with Crippen LogP contribution in [-0.2, 0) is 20.5 Å². The topological polar surface area (TPSA) is 141 Å². The number of carbonyl (C=O) groups is 1. The molecule has 0 aromatic heterocycles. The lowest BCUT2D eigenvalue weighted by Crippen LogP contribution is -2.35. The van der Waals surface area contributed by atoms with Gasteiger partial charge >= 0.3 is 12.1 Å². The van der Waals surface area contributed by atoms with E-state index in [2.05, 4.69) is 10.2 Å². The Morgan fingerprint density at radius 1 is 1.17 bits per heavy atom. The molecule has 13 heteroatoms. The molecule has 0 saturated carbocycles. The van der Waals surface area contributed by atoms with E-state index in [0.717, 1.165) is 18.2 Å². The molecule has 1 unspecified atom stereocenters. The molecule has 1 aliphatic rings. The van der Waals surface area contributed by atoms with Crippen LogP contribution in [0.4, 0.5) is 13.2 Å². The molecule has 0 radical (unpaired) electrons. The summed E-state index contributed by atoms with van der Waals surface area (Å²) in [4.78, 5) is 16.8. The van der Waals surface area contributed by atoms with Crippen LogP contribution in [0.25, 0.3) is 0 Å². The highest BCUT2D eigenvalue weighted by molar-refractivity contribution is 5.92. The number of esters is 1. The summed E-state index contributed by atoms with van der Waals surface area (Å²) < 4.78 is 45.7. The van der Waals surface area contributed by atoms with Gasteiger partial charge in [0, 0.05) is 11.4 Å². The Hall–Kier alpha value is -2.68. The smallest absolute Gasteiger partial charge is 0.416 e. The predicted molar refractivity (Wildman–Crippen MR) is 93.6 cm³/mol. The van der Waals surface area contributed by atoms with E-state index in [-0.39, 0.29) is 17.0 Å². The Kier molecular flexibility index (Phi) is 7.41. The van der Waals surface area contributed by atoms with Crippen LogP contribution in [0.5, 0.6) is 0 Å². The van der Waals surface area contributed by atoms with E-state index in [1.807, 2.05) is 0 Å². The van der Waals surface area contributed by atoms with E-state index in [1.54, 1.807) is 0 Å². The van der Waals surface area contributed by atoms with Crippen LogP contribution in [0, 0.1) is 10.4 Å². The average Bonchev–Trinajstić information content (AvgIpc) is 2.63. The first-order valence-electron chi connectivity index (χ1n) is 8.42. The standard InChI is InChI=1S/C17H18F3N3O7/c1-9-13(16(24)29-7-8-30-23(27)28)14(15(22(25)26)10(2)21-9)11-5-3-4-6-12(11)17(18,19)20/h3-6,14,21,25,27H,7-8H2,1-2H3/q-2. The highest BCUT2D eigenvalue weighted by Crippen LogP contribution is 2.44. The third kappa shape index (κ3) is 5.27. The lowest BCUT2D eigenvalue weighted by Gasteiger charge is -2.38. The summed E-state index contributed by atoms with van der Waals surface area (Å²) in [6.07, 6.45) is -4.81. The van der Waals surface area contributed by atoms with Gasteiger partial charge in [-0.3, -0.25) is 10.0 Å². The van der Waals surface area contributed by atoms with Crippen molar-refractivity contribution in [2.75, 3.05) is 13.2 Å². The number of nitrogens with one attached hydrogen (secondary N) is 1. The van der Waals surface area contributed by atoms with Crippen molar-refractivity contribution < 1.29 is 38.0 Å². The Balaban J connectivity index is 2.53. The van der Waals surface area contributed by atoms with Gasteiger partial charge in [-0.15, -0.1) is 5.39 Å². The molecule has 1 atom stereocenters. The van der Waals surface area contributed by atoms with E-state index in [9.17, 15) is 33.6 Å². The van der Waals surface area contributed by atoms with Gasteiger partial charge in [0.2, 0.25) is 0 Å². The molecular weight excluding hydrogens is 415 g/mol. The van der Waals surface area contributed by atoms with Gasteiger partial charge in [0.15, 0.2) is 0 Å². The Labute approximate surface area is 168 Å². The van der Waals surface area contributed by atoms with Crippen LogP contribution in [0.1, 0.15) is 30.9 Å². The maximum atomic E-state index is 13.6. The number of nitrogens with zero attached hydrogens (tertiary/aromatic N) is 2. The molecular formula is C17H18F3N3O7-2. The molecule has 0 bridgehead atoms. The maximum Gasteiger partial charge on any atom is 0.416 e. The number of halogens is 3. The maximum absolute atomic E-state index is 13.6. The minimum Gasteiger partial charge on any atom is -0.738 e. The van der Waals surface area contributed by atoms with E-state index in [0.29, 0.717) is 0 Å². The van der Waals surface area contributed by atoms with E-state index < -0.39 is 58.7 Å². The average molecular weight is 433 g/mol. The molecule has 1 heterocycles. The molecule has 30 heavy (non-hydrogen) atoms. The van der Waals surface area contributed by atoms with E-state index >= 15 is 0 Å². The zero-order valence-electron chi connectivity index (χ0n) is 15.8. The van der Waals surface area contributed by atoms with Crippen molar-refractivity contribution in [1.82, 2.24) is 15.9 Å². The fourth-order valence-corrected chi connectivity index (χ4v) is 3.14. The minimum atomic E-state index is -4.81. The van der Waals surface area contributed by atoms with Crippen molar-refractivity contribution in [3.8, 4) is 0 Å². The summed E-state index contributed by atoms with van der Waals surface area (Å²) in [6.45, 7) is 1.67. The Morgan fingerprint density at radius 3 is 2.37 bits per heavy atom. The number of hydroxylamine groups is 2. The Morgan fingerprint density at radius 2 is 1.80 bits per heavy atom. The lowest BCUT2D eigenvalue weighted by molar-refractivity contribution is -0.307. The van der Waals surface area contributed by atoms with Crippen LogP contribution in [0.15, 0.2) is 46.9 Å². The van der Waals surface area contributed by atoms with Gasteiger partial charge in [-0.25, -0.2) is 4.79 Å². The molecule has 0 saturated heterocycles. The number of hydrogen-bond acceptors (Lipinski definition) is 10. The molecule has 1 aromatic carbocycles. The van der Waals surface area contributed by atoms with Crippen molar-refractivity contribution in [3.63, 3.8) is 0 Å². The second-order valence-corrected chi connectivity index (χ2v) is 6.17. The van der Waals surface area contributed by atoms with Crippen molar-refractivity contribution >= 4 is 5.97 Å². The molecule has 1 aromatic rings. The fourth-order valence-electron chi connectivity index (χ4n) is 3.14. The number of benzene rings is 1. The molecule has 0 spiro atoms. The third-order valence-electron chi connectivity index (χ3n) is 4.25. The fraction of sp³-hybridized carbons (Fsp3) is 0.353.